The normalized spacial score (nSPS) is 22.2. The van der Waals surface area contributed by atoms with Crippen molar-refractivity contribution in [3.05, 3.63) is 24.2 Å². The van der Waals surface area contributed by atoms with Gasteiger partial charge in [0.25, 0.3) is 5.89 Å². The molecule has 2 aromatic heterocycles. The summed E-state index contributed by atoms with van der Waals surface area (Å²) >= 11 is 0. The number of ether oxygens (including phenoxy) is 1. The summed E-state index contributed by atoms with van der Waals surface area (Å²) < 4.78 is 11.1. The van der Waals surface area contributed by atoms with Gasteiger partial charge in [0.15, 0.2) is 5.82 Å². The number of rotatable bonds is 4. The highest BCUT2D eigenvalue weighted by atomic mass is 16.5. The first-order valence-electron chi connectivity index (χ1n) is 8.64. The van der Waals surface area contributed by atoms with E-state index in [1.54, 1.807) is 0 Å². The molecular formula is C17H23N5O2. The van der Waals surface area contributed by atoms with E-state index in [4.69, 9.17) is 9.26 Å². The van der Waals surface area contributed by atoms with Gasteiger partial charge in [-0.3, -0.25) is 4.90 Å². The van der Waals surface area contributed by atoms with Crippen LogP contribution in [0.5, 0.6) is 0 Å². The van der Waals surface area contributed by atoms with Crippen molar-refractivity contribution in [2.24, 2.45) is 0 Å². The molecule has 4 rings (SSSR count). The number of hydrogen-bond donors (Lipinski definition) is 0. The molecule has 0 radical (unpaired) electrons. The van der Waals surface area contributed by atoms with Crippen LogP contribution in [0.15, 0.2) is 22.9 Å². The maximum atomic E-state index is 5.75. The summed E-state index contributed by atoms with van der Waals surface area (Å²) in [6.07, 6.45) is 4.64. The van der Waals surface area contributed by atoms with Gasteiger partial charge in [0.2, 0.25) is 0 Å². The van der Waals surface area contributed by atoms with Gasteiger partial charge in [-0.25, -0.2) is 4.98 Å². The summed E-state index contributed by atoms with van der Waals surface area (Å²) in [5.41, 5.74) is 0.908. The van der Waals surface area contributed by atoms with Gasteiger partial charge >= 0.3 is 0 Å². The first-order chi connectivity index (χ1) is 11.8. The van der Waals surface area contributed by atoms with Crippen LogP contribution in [0.3, 0.4) is 0 Å². The number of piperazine rings is 1. The Balaban J connectivity index is 1.44. The van der Waals surface area contributed by atoms with Crippen molar-refractivity contribution < 1.29 is 9.26 Å². The van der Waals surface area contributed by atoms with E-state index < -0.39 is 0 Å². The van der Waals surface area contributed by atoms with Crippen LogP contribution in [-0.4, -0.2) is 65.5 Å². The van der Waals surface area contributed by atoms with Crippen molar-refractivity contribution in [3.63, 3.8) is 0 Å². The van der Waals surface area contributed by atoms with Gasteiger partial charge in [0.1, 0.15) is 5.82 Å². The second-order valence-corrected chi connectivity index (χ2v) is 6.44. The van der Waals surface area contributed by atoms with Crippen LogP contribution in [0.25, 0.3) is 11.5 Å². The summed E-state index contributed by atoms with van der Waals surface area (Å²) in [6.45, 7) is 7.75. The molecule has 2 aliphatic heterocycles. The fourth-order valence-electron chi connectivity index (χ4n) is 3.44. The lowest BCUT2D eigenvalue weighted by Gasteiger charge is -2.36. The van der Waals surface area contributed by atoms with E-state index in [1.807, 2.05) is 25.3 Å². The molecule has 2 aliphatic rings. The number of anilines is 1. The van der Waals surface area contributed by atoms with E-state index in [-0.39, 0.29) is 0 Å². The first-order valence-corrected chi connectivity index (χ1v) is 8.64. The SMILES string of the molecule is Cc1noc(-c2cccnc2N2CCN(CC3CCCO3)CC2)n1. The number of aryl methyl sites for hydroxylation is 1. The quantitative estimate of drug-likeness (QED) is 0.846. The molecule has 0 amide bonds. The van der Waals surface area contributed by atoms with Gasteiger partial charge in [-0.05, 0) is 31.9 Å². The van der Waals surface area contributed by atoms with E-state index in [2.05, 4.69) is 24.9 Å². The Hall–Kier alpha value is -1.99. The highest BCUT2D eigenvalue weighted by Gasteiger charge is 2.25. The molecule has 2 aromatic rings. The molecule has 4 heterocycles. The lowest BCUT2D eigenvalue weighted by atomic mass is 10.2. The van der Waals surface area contributed by atoms with E-state index in [9.17, 15) is 0 Å². The number of pyridine rings is 1. The lowest BCUT2D eigenvalue weighted by Crippen LogP contribution is -2.48. The molecule has 7 nitrogen and oxygen atoms in total. The van der Waals surface area contributed by atoms with Crippen LogP contribution in [0.1, 0.15) is 18.7 Å². The zero-order chi connectivity index (χ0) is 16.4. The van der Waals surface area contributed by atoms with E-state index in [0.29, 0.717) is 17.8 Å². The number of nitrogens with zero attached hydrogens (tertiary/aromatic N) is 5. The molecule has 0 N–H and O–H groups in total. The largest absolute Gasteiger partial charge is 0.377 e. The minimum absolute atomic E-state index is 0.420. The van der Waals surface area contributed by atoms with Crippen LogP contribution in [0.4, 0.5) is 5.82 Å². The van der Waals surface area contributed by atoms with Gasteiger partial charge in [-0.1, -0.05) is 5.16 Å². The third-order valence-corrected chi connectivity index (χ3v) is 4.70. The van der Waals surface area contributed by atoms with Crippen molar-refractivity contribution in [2.45, 2.75) is 25.9 Å². The Bertz CT molecular complexity index is 675. The Labute approximate surface area is 141 Å². The Morgan fingerprint density at radius 2 is 2.12 bits per heavy atom. The van der Waals surface area contributed by atoms with Crippen LogP contribution < -0.4 is 4.90 Å². The van der Waals surface area contributed by atoms with E-state index in [1.165, 1.54) is 12.8 Å². The van der Waals surface area contributed by atoms with Crippen LogP contribution >= 0.6 is 0 Å². The molecule has 2 saturated heterocycles. The highest BCUT2D eigenvalue weighted by Crippen LogP contribution is 2.28. The van der Waals surface area contributed by atoms with Gasteiger partial charge in [0, 0.05) is 45.5 Å². The van der Waals surface area contributed by atoms with Crippen molar-refractivity contribution >= 4 is 5.82 Å². The molecule has 1 atom stereocenters. The highest BCUT2D eigenvalue weighted by molar-refractivity contribution is 5.69. The molecule has 2 fully saturated rings. The molecule has 128 valence electrons. The molecule has 0 aromatic carbocycles. The van der Waals surface area contributed by atoms with Gasteiger partial charge in [-0.15, -0.1) is 0 Å². The number of aromatic nitrogens is 3. The monoisotopic (exact) mass is 329 g/mol. The third-order valence-electron chi connectivity index (χ3n) is 4.70. The summed E-state index contributed by atoms with van der Waals surface area (Å²) in [7, 11) is 0. The smallest absolute Gasteiger partial charge is 0.261 e. The maximum Gasteiger partial charge on any atom is 0.261 e. The standard InChI is InChI=1S/C17H23N5O2/c1-13-19-17(24-20-13)15-5-2-6-18-16(15)22-9-7-21(8-10-22)12-14-4-3-11-23-14/h2,5-6,14H,3-4,7-12H2,1H3. The predicted molar refractivity (Wildman–Crippen MR) is 89.9 cm³/mol. The van der Waals surface area contributed by atoms with Gasteiger partial charge in [0.05, 0.1) is 11.7 Å². The molecule has 0 aliphatic carbocycles. The van der Waals surface area contributed by atoms with Crippen molar-refractivity contribution in [1.82, 2.24) is 20.0 Å². The lowest BCUT2D eigenvalue weighted by molar-refractivity contribution is 0.0712. The Morgan fingerprint density at radius 1 is 1.25 bits per heavy atom. The first kappa shape index (κ1) is 15.5. The zero-order valence-corrected chi connectivity index (χ0v) is 14.0. The fourth-order valence-corrected chi connectivity index (χ4v) is 3.44. The van der Waals surface area contributed by atoms with E-state index in [0.717, 1.165) is 50.7 Å². The zero-order valence-electron chi connectivity index (χ0n) is 14.0. The summed E-state index contributed by atoms with van der Waals surface area (Å²) in [5, 5.41) is 3.89. The van der Waals surface area contributed by atoms with Crippen LogP contribution in [0, 0.1) is 6.92 Å². The second kappa shape index (κ2) is 6.86. The molecule has 24 heavy (non-hydrogen) atoms. The Kier molecular flexibility index (Phi) is 4.44. The second-order valence-electron chi connectivity index (χ2n) is 6.44. The van der Waals surface area contributed by atoms with Crippen molar-refractivity contribution in [2.75, 3.05) is 44.2 Å². The van der Waals surface area contributed by atoms with Crippen LogP contribution in [-0.2, 0) is 4.74 Å². The Morgan fingerprint density at radius 3 is 2.83 bits per heavy atom. The third kappa shape index (κ3) is 3.27. The predicted octanol–water partition coefficient (Wildman–Crippen LogP) is 1.74. The average Bonchev–Trinajstić information content (AvgIpc) is 3.27. The molecule has 0 spiro atoms. The molecule has 0 saturated carbocycles. The molecular weight excluding hydrogens is 306 g/mol. The van der Waals surface area contributed by atoms with E-state index >= 15 is 0 Å². The number of hydrogen-bond acceptors (Lipinski definition) is 7. The molecule has 0 bridgehead atoms. The fraction of sp³-hybridized carbons (Fsp3) is 0.588. The molecule has 7 heteroatoms. The van der Waals surface area contributed by atoms with Crippen molar-refractivity contribution in [1.29, 1.82) is 0 Å². The minimum atomic E-state index is 0.420. The summed E-state index contributed by atoms with van der Waals surface area (Å²) in [6, 6.07) is 3.90. The van der Waals surface area contributed by atoms with Gasteiger partial charge in [-0.2, -0.15) is 4.98 Å². The topological polar surface area (TPSA) is 67.5 Å². The minimum Gasteiger partial charge on any atom is -0.377 e. The maximum absolute atomic E-state index is 5.75. The van der Waals surface area contributed by atoms with Crippen LogP contribution in [0.2, 0.25) is 0 Å². The summed E-state index contributed by atoms with van der Waals surface area (Å²) in [4.78, 5) is 13.7. The van der Waals surface area contributed by atoms with Crippen molar-refractivity contribution in [3.8, 4) is 11.5 Å². The van der Waals surface area contributed by atoms with Gasteiger partial charge < -0.3 is 14.2 Å². The summed E-state index contributed by atoms with van der Waals surface area (Å²) in [5.74, 6) is 2.11. The molecule has 1 unspecified atom stereocenters. The average molecular weight is 329 g/mol.